The number of hydrogen-bond acceptors (Lipinski definition) is 3. The zero-order valence-corrected chi connectivity index (χ0v) is 16.6. The first-order chi connectivity index (χ1) is 14.1. The van der Waals surface area contributed by atoms with Crippen molar-refractivity contribution < 1.29 is 14.1 Å². The molecule has 5 nitrogen and oxygen atoms in total. The number of fused-ring (bicyclic) bond motifs is 3. The van der Waals surface area contributed by atoms with Gasteiger partial charge in [0.15, 0.2) is 5.69 Å². The van der Waals surface area contributed by atoms with E-state index in [2.05, 4.69) is 47.3 Å². The lowest BCUT2D eigenvalue weighted by Gasteiger charge is -2.11. The second-order valence-corrected chi connectivity index (χ2v) is 7.05. The molecule has 0 atom stereocenters. The van der Waals surface area contributed by atoms with E-state index in [1.54, 1.807) is 6.92 Å². The molecular formula is C24H24N3O2+. The van der Waals surface area contributed by atoms with Crippen LogP contribution in [0.15, 0.2) is 66.7 Å². The van der Waals surface area contributed by atoms with Crippen molar-refractivity contribution in [3.8, 4) is 0 Å². The Hall–Kier alpha value is -3.60. The summed E-state index contributed by atoms with van der Waals surface area (Å²) in [5, 5.41) is 6.28. The van der Waals surface area contributed by atoms with E-state index in [0.29, 0.717) is 12.3 Å². The average Bonchev–Trinajstić information content (AvgIpc) is 2.72. The first kappa shape index (κ1) is 18.7. The van der Waals surface area contributed by atoms with E-state index in [1.807, 2.05) is 36.4 Å². The Morgan fingerprint density at radius 1 is 1.00 bits per heavy atom. The lowest BCUT2D eigenvalue weighted by atomic mass is 9.98. The normalized spacial score (nSPS) is 11.0. The quantitative estimate of drug-likeness (QED) is 0.307. The Balaban J connectivity index is 1.74. The predicted molar refractivity (Wildman–Crippen MR) is 117 cm³/mol. The molecule has 0 saturated heterocycles. The maximum atomic E-state index is 11.6. The Bertz CT molecular complexity index is 1200. The number of anilines is 2. The molecule has 0 spiro atoms. The summed E-state index contributed by atoms with van der Waals surface area (Å²) in [4.78, 5) is 11.6. The number of hydrogen-bond donors (Lipinski definition) is 2. The largest absolute Gasteiger partial charge is 0.450 e. The van der Waals surface area contributed by atoms with Gasteiger partial charge >= 0.3 is 6.09 Å². The van der Waals surface area contributed by atoms with E-state index in [4.69, 9.17) is 10.5 Å². The molecule has 146 valence electrons. The van der Waals surface area contributed by atoms with Gasteiger partial charge in [-0.3, -0.25) is 5.32 Å². The molecule has 0 fully saturated rings. The van der Waals surface area contributed by atoms with Crippen molar-refractivity contribution >= 4 is 39.1 Å². The summed E-state index contributed by atoms with van der Waals surface area (Å²) < 4.78 is 7.16. The highest BCUT2D eigenvalue weighted by Crippen LogP contribution is 2.28. The number of para-hydroxylation sites is 1. The van der Waals surface area contributed by atoms with Gasteiger partial charge in [0.05, 0.1) is 23.8 Å². The first-order valence-corrected chi connectivity index (χ1v) is 9.68. The van der Waals surface area contributed by atoms with Gasteiger partial charge in [0.2, 0.25) is 5.52 Å². The van der Waals surface area contributed by atoms with E-state index in [0.717, 1.165) is 23.1 Å². The SMILES string of the molecule is CCOC(=O)Nc1ccc(Cc2c3cc(N)ccc3c3ccccc3[n+]2C)cc1. The molecule has 0 unspecified atom stereocenters. The number of nitrogen functional groups attached to an aromatic ring is 1. The number of aromatic nitrogens is 1. The Labute approximate surface area is 169 Å². The number of ether oxygens (including phenoxy) is 1. The summed E-state index contributed by atoms with van der Waals surface area (Å²) in [6.45, 7) is 2.13. The Morgan fingerprint density at radius 3 is 2.52 bits per heavy atom. The van der Waals surface area contributed by atoms with Gasteiger partial charge in [0.1, 0.15) is 7.05 Å². The summed E-state index contributed by atoms with van der Waals surface area (Å²) in [5.74, 6) is 0. The Kier molecular flexibility index (Phi) is 5.04. The third-order valence-corrected chi connectivity index (χ3v) is 5.16. The van der Waals surface area contributed by atoms with Crippen LogP contribution in [0.5, 0.6) is 0 Å². The highest BCUT2D eigenvalue weighted by atomic mass is 16.5. The molecule has 0 bridgehead atoms. The second kappa shape index (κ2) is 7.80. The molecule has 1 amide bonds. The molecule has 0 radical (unpaired) electrons. The van der Waals surface area contributed by atoms with E-state index in [1.165, 1.54) is 22.0 Å². The number of nitrogens with two attached hydrogens (primary N) is 1. The fourth-order valence-corrected chi connectivity index (χ4v) is 3.75. The molecule has 29 heavy (non-hydrogen) atoms. The van der Waals surface area contributed by atoms with Gasteiger partial charge in [-0.05, 0) is 42.8 Å². The molecule has 0 aliphatic heterocycles. The minimum absolute atomic E-state index is 0.346. The molecule has 1 heterocycles. The van der Waals surface area contributed by atoms with Crippen LogP contribution in [0.2, 0.25) is 0 Å². The maximum absolute atomic E-state index is 11.6. The molecule has 5 heteroatoms. The summed E-state index contributed by atoms with van der Waals surface area (Å²) in [5.41, 5.74) is 11.1. The number of amides is 1. The number of pyridine rings is 1. The molecule has 0 aliphatic carbocycles. The number of benzene rings is 3. The molecule has 0 saturated carbocycles. The predicted octanol–water partition coefficient (Wildman–Crippen LogP) is 4.56. The van der Waals surface area contributed by atoms with Crippen LogP contribution in [0.3, 0.4) is 0 Å². The smallest absolute Gasteiger partial charge is 0.411 e. The van der Waals surface area contributed by atoms with Crippen molar-refractivity contribution in [1.29, 1.82) is 0 Å². The zero-order valence-electron chi connectivity index (χ0n) is 16.6. The number of aryl methyl sites for hydroxylation is 1. The summed E-state index contributed by atoms with van der Waals surface area (Å²) in [7, 11) is 2.09. The van der Waals surface area contributed by atoms with Crippen molar-refractivity contribution in [3.63, 3.8) is 0 Å². The lowest BCUT2D eigenvalue weighted by Crippen LogP contribution is -2.35. The Morgan fingerprint density at radius 2 is 1.76 bits per heavy atom. The minimum atomic E-state index is -0.442. The van der Waals surface area contributed by atoms with Gasteiger partial charge in [0, 0.05) is 22.8 Å². The van der Waals surface area contributed by atoms with E-state index >= 15 is 0 Å². The second-order valence-electron chi connectivity index (χ2n) is 7.05. The van der Waals surface area contributed by atoms with Crippen molar-refractivity contribution in [1.82, 2.24) is 0 Å². The highest BCUT2D eigenvalue weighted by molar-refractivity contribution is 6.05. The zero-order chi connectivity index (χ0) is 20.4. The molecule has 4 aromatic rings. The van der Waals surface area contributed by atoms with Crippen LogP contribution < -0.4 is 15.6 Å². The van der Waals surface area contributed by atoms with Crippen LogP contribution in [0.4, 0.5) is 16.2 Å². The third kappa shape index (κ3) is 3.72. The molecule has 4 rings (SSSR count). The van der Waals surface area contributed by atoms with Gasteiger partial charge < -0.3 is 10.5 Å². The van der Waals surface area contributed by atoms with Crippen LogP contribution in [-0.2, 0) is 18.2 Å². The molecular weight excluding hydrogens is 362 g/mol. The molecule has 0 aliphatic rings. The van der Waals surface area contributed by atoms with E-state index in [9.17, 15) is 4.79 Å². The van der Waals surface area contributed by atoms with Gasteiger partial charge in [-0.25, -0.2) is 4.79 Å². The monoisotopic (exact) mass is 386 g/mol. The van der Waals surface area contributed by atoms with Gasteiger partial charge in [-0.1, -0.05) is 30.3 Å². The summed E-state index contributed by atoms with van der Waals surface area (Å²) in [6.07, 6.45) is 0.309. The number of carbonyl (C=O) groups excluding carboxylic acids is 1. The van der Waals surface area contributed by atoms with Crippen LogP contribution in [0.25, 0.3) is 21.7 Å². The van der Waals surface area contributed by atoms with Gasteiger partial charge in [-0.15, -0.1) is 0 Å². The third-order valence-electron chi connectivity index (χ3n) is 5.16. The number of carbonyl (C=O) groups is 1. The van der Waals surface area contributed by atoms with E-state index in [-0.39, 0.29) is 0 Å². The van der Waals surface area contributed by atoms with Crippen LogP contribution in [0.1, 0.15) is 18.2 Å². The summed E-state index contributed by atoms with van der Waals surface area (Å²) in [6, 6.07) is 22.3. The average molecular weight is 386 g/mol. The standard InChI is InChI=1S/C24H23N3O2/c1-3-29-24(28)26-18-11-8-16(9-12-18)14-23-21-15-17(25)10-13-19(21)20-6-4-5-7-22(20)27(23)2/h4-13,15H,3,14,25H2,1-2H3/p+1. The fraction of sp³-hybridized carbons (Fsp3) is 0.167. The van der Waals surface area contributed by atoms with E-state index < -0.39 is 6.09 Å². The van der Waals surface area contributed by atoms with Crippen LogP contribution in [-0.4, -0.2) is 12.7 Å². The van der Waals surface area contributed by atoms with Crippen molar-refractivity contribution in [3.05, 3.63) is 78.0 Å². The molecule has 3 aromatic carbocycles. The van der Waals surface area contributed by atoms with Gasteiger partial charge in [0.25, 0.3) is 0 Å². The first-order valence-electron chi connectivity index (χ1n) is 9.68. The van der Waals surface area contributed by atoms with Gasteiger partial charge in [-0.2, -0.15) is 4.57 Å². The number of rotatable bonds is 4. The van der Waals surface area contributed by atoms with Crippen molar-refractivity contribution in [2.45, 2.75) is 13.3 Å². The van der Waals surface area contributed by atoms with Crippen LogP contribution in [0, 0.1) is 0 Å². The maximum Gasteiger partial charge on any atom is 0.411 e. The molecule has 3 N–H and O–H groups in total. The topological polar surface area (TPSA) is 68.2 Å². The minimum Gasteiger partial charge on any atom is -0.450 e. The van der Waals surface area contributed by atoms with Crippen molar-refractivity contribution in [2.75, 3.05) is 17.7 Å². The number of nitrogens with one attached hydrogen (secondary N) is 1. The van der Waals surface area contributed by atoms with Crippen molar-refractivity contribution in [2.24, 2.45) is 7.05 Å². The molecule has 1 aromatic heterocycles. The van der Waals surface area contributed by atoms with Crippen LogP contribution >= 0.6 is 0 Å². The number of nitrogens with zero attached hydrogens (tertiary/aromatic N) is 1. The highest BCUT2D eigenvalue weighted by Gasteiger charge is 2.19. The fourth-order valence-electron chi connectivity index (χ4n) is 3.75. The lowest BCUT2D eigenvalue weighted by molar-refractivity contribution is -0.651. The summed E-state index contributed by atoms with van der Waals surface area (Å²) >= 11 is 0.